The number of rotatable bonds is 16. The monoisotopic (exact) mass is 401 g/mol. The molecule has 3 atom stereocenters. The van der Waals surface area contributed by atoms with Crippen molar-refractivity contribution in [2.75, 3.05) is 59.7 Å². The minimum atomic E-state index is -0.536. The van der Waals surface area contributed by atoms with Gasteiger partial charge in [-0.1, -0.05) is 26.7 Å². The highest BCUT2D eigenvalue weighted by atomic mass is 16.3. The molecule has 9 nitrogen and oxygen atoms in total. The van der Waals surface area contributed by atoms with E-state index in [0.29, 0.717) is 38.9 Å². The first-order chi connectivity index (χ1) is 13.3. The van der Waals surface area contributed by atoms with Crippen molar-refractivity contribution in [2.24, 2.45) is 23.1 Å². The number of aliphatic hydroxyl groups excluding tert-OH is 2. The molecule has 0 aliphatic carbocycles. The molecule has 0 spiro atoms. The highest BCUT2D eigenvalue weighted by molar-refractivity contribution is 4.80. The van der Waals surface area contributed by atoms with Gasteiger partial charge in [-0.3, -0.25) is 0 Å². The fraction of sp³-hybridized carbons (Fsp3) is 0.684. The molecule has 9 heteroatoms. The summed E-state index contributed by atoms with van der Waals surface area (Å²) < 4.78 is 0. The van der Waals surface area contributed by atoms with Crippen LogP contribution in [0, 0.1) is 5.92 Å². The summed E-state index contributed by atoms with van der Waals surface area (Å²) in [5.41, 5.74) is 16.2. The third-order valence-corrected chi connectivity index (χ3v) is 3.88. The Morgan fingerprint density at radius 1 is 0.821 bits per heavy atom. The van der Waals surface area contributed by atoms with Gasteiger partial charge in [0.15, 0.2) is 0 Å². The minimum Gasteiger partial charge on any atom is -0.390 e. The van der Waals surface area contributed by atoms with Crippen LogP contribution >= 0.6 is 0 Å². The van der Waals surface area contributed by atoms with Gasteiger partial charge in [-0.25, -0.2) is 0 Å². The molecule has 0 aromatic carbocycles. The molecule has 0 aliphatic rings. The summed E-state index contributed by atoms with van der Waals surface area (Å²) in [7, 11) is 1.84. The van der Waals surface area contributed by atoms with Crippen molar-refractivity contribution in [2.45, 2.75) is 19.1 Å². The van der Waals surface area contributed by atoms with E-state index in [-0.39, 0.29) is 13.1 Å². The van der Waals surface area contributed by atoms with E-state index in [0.717, 1.165) is 6.54 Å². The molecule has 0 saturated heterocycles. The van der Waals surface area contributed by atoms with Crippen molar-refractivity contribution in [1.82, 2.24) is 20.0 Å². The van der Waals surface area contributed by atoms with Gasteiger partial charge < -0.3 is 47.4 Å². The molecular formula is C19H43N7O2. The average molecular weight is 402 g/mol. The lowest BCUT2D eigenvalue weighted by Gasteiger charge is -2.31. The second-order valence-corrected chi connectivity index (χ2v) is 6.63. The highest BCUT2D eigenvalue weighted by Crippen LogP contribution is 2.02. The maximum absolute atomic E-state index is 9.49. The number of hydrogen-bond acceptors (Lipinski definition) is 9. The summed E-state index contributed by atoms with van der Waals surface area (Å²) in [6.45, 7) is 17.5. The molecule has 0 radical (unpaired) electrons. The fourth-order valence-corrected chi connectivity index (χ4v) is 2.19. The third-order valence-electron chi connectivity index (χ3n) is 3.88. The van der Waals surface area contributed by atoms with Gasteiger partial charge in [-0.05, 0) is 38.1 Å². The minimum absolute atomic E-state index is 0.248. The Hall–Kier alpha value is -1.62. The SMILES string of the molecule is C=CN(CC(C)CN)CN(C=C)CC(O)CN.C=CN(CNC)CC(O)CN. The van der Waals surface area contributed by atoms with Crippen LogP contribution in [0.5, 0.6) is 0 Å². The zero-order chi connectivity index (χ0) is 21.9. The molecule has 0 aromatic rings. The number of aliphatic hydroxyl groups is 2. The number of nitrogens with two attached hydrogens (primary N) is 3. The Kier molecular flexibility index (Phi) is 19.1. The lowest BCUT2D eigenvalue weighted by atomic mass is 10.2. The fourth-order valence-electron chi connectivity index (χ4n) is 2.19. The second kappa shape index (κ2) is 18.7. The van der Waals surface area contributed by atoms with Crippen LogP contribution in [0.3, 0.4) is 0 Å². The highest BCUT2D eigenvalue weighted by Gasteiger charge is 2.11. The topological polar surface area (TPSA) is 140 Å². The summed E-state index contributed by atoms with van der Waals surface area (Å²) in [5.74, 6) is 0.402. The van der Waals surface area contributed by atoms with E-state index in [1.807, 2.05) is 21.7 Å². The van der Waals surface area contributed by atoms with Crippen LogP contribution in [0.4, 0.5) is 0 Å². The van der Waals surface area contributed by atoms with Crippen molar-refractivity contribution in [1.29, 1.82) is 0 Å². The van der Waals surface area contributed by atoms with Crippen molar-refractivity contribution < 1.29 is 10.2 Å². The molecule has 0 bridgehead atoms. The van der Waals surface area contributed by atoms with Gasteiger partial charge in [0, 0.05) is 32.7 Å². The number of nitrogens with one attached hydrogen (secondary N) is 1. The van der Waals surface area contributed by atoms with Crippen LogP contribution in [0.2, 0.25) is 0 Å². The molecule has 0 rings (SSSR count). The Balaban J connectivity index is 0. The zero-order valence-corrected chi connectivity index (χ0v) is 17.7. The van der Waals surface area contributed by atoms with E-state index < -0.39 is 12.2 Å². The lowest BCUT2D eigenvalue weighted by molar-refractivity contribution is 0.114. The van der Waals surface area contributed by atoms with Crippen LogP contribution in [-0.2, 0) is 0 Å². The number of nitrogens with zero attached hydrogens (tertiary/aromatic N) is 3. The molecule has 9 N–H and O–H groups in total. The Morgan fingerprint density at radius 3 is 1.61 bits per heavy atom. The van der Waals surface area contributed by atoms with Crippen LogP contribution < -0.4 is 22.5 Å². The molecule has 0 aliphatic heterocycles. The Labute approximate surface area is 171 Å². The first-order valence-corrected chi connectivity index (χ1v) is 9.52. The van der Waals surface area contributed by atoms with Crippen molar-refractivity contribution in [3.8, 4) is 0 Å². The summed E-state index contributed by atoms with van der Waals surface area (Å²) in [6, 6.07) is 0. The quantitative estimate of drug-likeness (QED) is 0.174. The maximum Gasteiger partial charge on any atom is 0.0893 e. The predicted molar refractivity (Wildman–Crippen MR) is 118 cm³/mol. The first kappa shape index (κ1) is 28.6. The first-order valence-electron chi connectivity index (χ1n) is 9.52. The molecule has 0 saturated carbocycles. The van der Waals surface area contributed by atoms with Crippen LogP contribution in [0.15, 0.2) is 38.3 Å². The van der Waals surface area contributed by atoms with Gasteiger partial charge >= 0.3 is 0 Å². The van der Waals surface area contributed by atoms with Gasteiger partial charge in [0.2, 0.25) is 0 Å². The summed E-state index contributed by atoms with van der Waals surface area (Å²) in [4.78, 5) is 5.81. The van der Waals surface area contributed by atoms with Crippen molar-refractivity contribution in [3.63, 3.8) is 0 Å². The van der Waals surface area contributed by atoms with E-state index in [2.05, 4.69) is 32.0 Å². The largest absolute Gasteiger partial charge is 0.390 e. The molecule has 28 heavy (non-hydrogen) atoms. The summed E-state index contributed by atoms with van der Waals surface area (Å²) in [5, 5.41) is 21.6. The van der Waals surface area contributed by atoms with Gasteiger partial charge in [0.1, 0.15) is 0 Å². The van der Waals surface area contributed by atoms with E-state index in [4.69, 9.17) is 22.3 Å². The lowest BCUT2D eigenvalue weighted by Crippen LogP contribution is -2.40. The number of hydrogen-bond donors (Lipinski definition) is 6. The Bertz CT molecular complexity index is 376. The Morgan fingerprint density at radius 2 is 1.25 bits per heavy atom. The van der Waals surface area contributed by atoms with Crippen LogP contribution in [0.1, 0.15) is 6.92 Å². The molecule has 0 heterocycles. The van der Waals surface area contributed by atoms with Crippen molar-refractivity contribution >= 4 is 0 Å². The van der Waals surface area contributed by atoms with E-state index in [9.17, 15) is 5.11 Å². The van der Waals surface area contributed by atoms with Gasteiger partial charge in [0.25, 0.3) is 0 Å². The standard InChI is InChI=1S/C12H26N4O.C7H17N3O/c1-4-15(8-11(3)6-13)10-16(5-2)9-12(17)7-14;1-3-10(6-9-2)5-7(11)4-8/h4-5,11-12,17H,1-2,6-10,13-14H2,3H3;3,7,9,11H,1,4-6,8H2,2H3. The molecular weight excluding hydrogens is 358 g/mol. The second-order valence-electron chi connectivity index (χ2n) is 6.63. The average Bonchev–Trinajstić information content (AvgIpc) is 2.71. The van der Waals surface area contributed by atoms with Crippen LogP contribution in [0.25, 0.3) is 0 Å². The predicted octanol–water partition coefficient (Wildman–Crippen LogP) is -1.32. The summed E-state index contributed by atoms with van der Waals surface area (Å²) in [6.07, 6.45) is 4.14. The van der Waals surface area contributed by atoms with Crippen LogP contribution in [-0.4, -0.2) is 96.8 Å². The van der Waals surface area contributed by atoms with Gasteiger partial charge in [0.05, 0.1) is 25.5 Å². The summed E-state index contributed by atoms with van der Waals surface area (Å²) >= 11 is 0. The molecule has 0 amide bonds. The molecule has 0 aromatic heterocycles. The molecule has 0 fully saturated rings. The van der Waals surface area contributed by atoms with Gasteiger partial charge in [-0.2, -0.15) is 0 Å². The smallest absolute Gasteiger partial charge is 0.0893 e. The van der Waals surface area contributed by atoms with Crippen molar-refractivity contribution in [3.05, 3.63) is 38.3 Å². The molecule has 166 valence electrons. The normalized spacial score (nSPS) is 13.4. The van der Waals surface area contributed by atoms with E-state index >= 15 is 0 Å². The molecule has 3 unspecified atom stereocenters. The van der Waals surface area contributed by atoms with Gasteiger partial charge in [-0.15, -0.1) is 0 Å². The van der Waals surface area contributed by atoms with E-state index in [1.54, 1.807) is 18.6 Å². The maximum atomic E-state index is 9.49. The third kappa shape index (κ3) is 15.4. The zero-order valence-electron chi connectivity index (χ0n) is 17.7. The van der Waals surface area contributed by atoms with E-state index in [1.165, 1.54) is 0 Å².